The van der Waals surface area contributed by atoms with Gasteiger partial charge in [0.1, 0.15) is 23.2 Å². The SMILES string of the molecule is COc1ccc(/C=C(\C#N)C(=O)Nc2ccccc2F)cc1Cl. The van der Waals surface area contributed by atoms with Crippen molar-refractivity contribution in [3.05, 3.63) is 64.4 Å². The van der Waals surface area contributed by atoms with Crippen LogP contribution < -0.4 is 10.1 Å². The molecule has 0 spiro atoms. The van der Waals surface area contributed by atoms with Crippen LogP contribution in [-0.2, 0) is 4.79 Å². The fourth-order valence-corrected chi connectivity index (χ4v) is 2.11. The molecule has 4 nitrogen and oxygen atoms in total. The molecule has 0 heterocycles. The highest BCUT2D eigenvalue weighted by atomic mass is 35.5. The zero-order valence-electron chi connectivity index (χ0n) is 12.1. The number of carbonyl (C=O) groups is 1. The third kappa shape index (κ3) is 4.09. The number of carbonyl (C=O) groups excluding carboxylic acids is 1. The van der Waals surface area contributed by atoms with Crippen LogP contribution in [0.25, 0.3) is 6.08 Å². The molecule has 2 aromatic rings. The van der Waals surface area contributed by atoms with Gasteiger partial charge in [-0.3, -0.25) is 4.79 Å². The molecule has 0 aliphatic carbocycles. The largest absolute Gasteiger partial charge is 0.495 e. The summed E-state index contributed by atoms with van der Waals surface area (Å²) in [5, 5.41) is 11.9. The van der Waals surface area contributed by atoms with E-state index in [0.29, 0.717) is 16.3 Å². The first-order chi connectivity index (χ1) is 11.0. The Bertz CT molecular complexity index is 812. The summed E-state index contributed by atoms with van der Waals surface area (Å²) in [5.74, 6) is -0.798. The van der Waals surface area contributed by atoms with E-state index < -0.39 is 11.7 Å². The van der Waals surface area contributed by atoms with E-state index >= 15 is 0 Å². The van der Waals surface area contributed by atoms with Gasteiger partial charge in [-0.15, -0.1) is 0 Å². The highest BCUT2D eigenvalue weighted by molar-refractivity contribution is 6.32. The molecule has 116 valence electrons. The van der Waals surface area contributed by atoms with Gasteiger partial charge in [-0.1, -0.05) is 29.8 Å². The van der Waals surface area contributed by atoms with Crippen LogP contribution in [0.15, 0.2) is 48.0 Å². The number of hydrogen-bond acceptors (Lipinski definition) is 3. The molecule has 1 N–H and O–H groups in total. The summed E-state index contributed by atoms with van der Waals surface area (Å²) in [6.07, 6.45) is 1.36. The second-order valence-electron chi connectivity index (χ2n) is 4.50. The number of nitriles is 1. The topological polar surface area (TPSA) is 62.1 Å². The number of amides is 1. The van der Waals surface area contributed by atoms with Crippen molar-refractivity contribution in [3.8, 4) is 11.8 Å². The highest BCUT2D eigenvalue weighted by Crippen LogP contribution is 2.26. The lowest BCUT2D eigenvalue weighted by Gasteiger charge is -2.06. The third-order valence-electron chi connectivity index (χ3n) is 2.97. The molecular weight excluding hydrogens is 319 g/mol. The lowest BCUT2D eigenvalue weighted by atomic mass is 10.1. The van der Waals surface area contributed by atoms with Crippen LogP contribution in [0.4, 0.5) is 10.1 Å². The van der Waals surface area contributed by atoms with Gasteiger partial charge in [-0.2, -0.15) is 5.26 Å². The maximum atomic E-state index is 13.5. The lowest BCUT2D eigenvalue weighted by Crippen LogP contribution is -2.14. The molecule has 1 amide bonds. The first-order valence-electron chi connectivity index (χ1n) is 6.56. The number of methoxy groups -OCH3 is 1. The standard InChI is InChI=1S/C17H12ClFN2O2/c1-23-16-7-6-11(9-13(16)18)8-12(10-20)17(22)21-15-5-3-2-4-14(15)19/h2-9H,1H3,(H,21,22)/b12-8+. The number of hydrogen-bond donors (Lipinski definition) is 1. The molecule has 0 unspecified atom stereocenters. The summed E-state index contributed by atoms with van der Waals surface area (Å²) in [5.41, 5.74) is 0.386. The second kappa shape index (κ2) is 7.43. The maximum absolute atomic E-state index is 13.5. The van der Waals surface area contributed by atoms with Gasteiger partial charge >= 0.3 is 0 Å². The van der Waals surface area contributed by atoms with Crippen LogP contribution in [0.5, 0.6) is 5.75 Å². The van der Waals surface area contributed by atoms with Crippen LogP contribution in [-0.4, -0.2) is 13.0 Å². The van der Waals surface area contributed by atoms with Crippen molar-refractivity contribution in [1.82, 2.24) is 0 Å². The number of para-hydroxylation sites is 1. The molecule has 2 rings (SSSR count). The molecule has 0 saturated heterocycles. The predicted molar refractivity (Wildman–Crippen MR) is 86.6 cm³/mol. The number of benzene rings is 2. The Morgan fingerprint density at radius 2 is 2.09 bits per heavy atom. The molecule has 0 saturated carbocycles. The summed E-state index contributed by atoms with van der Waals surface area (Å²) in [7, 11) is 1.49. The molecule has 0 atom stereocenters. The zero-order valence-corrected chi connectivity index (χ0v) is 12.9. The Hall–Kier alpha value is -2.84. The van der Waals surface area contributed by atoms with Crippen molar-refractivity contribution >= 4 is 29.3 Å². The van der Waals surface area contributed by atoms with E-state index in [4.69, 9.17) is 21.6 Å². The zero-order chi connectivity index (χ0) is 16.8. The molecule has 0 aromatic heterocycles. The Morgan fingerprint density at radius 1 is 1.35 bits per heavy atom. The summed E-state index contributed by atoms with van der Waals surface area (Å²) in [4.78, 5) is 12.1. The van der Waals surface area contributed by atoms with E-state index in [0.717, 1.165) is 0 Å². The number of nitrogens with one attached hydrogen (secondary N) is 1. The molecule has 6 heteroatoms. The van der Waals surface area contributed by atoms with Gasteiger partial charge in [0, 0.05) is 0 Å². The summed E-state index contributed by atoms with van der Waals surface area (Å²) >= 11 is 6.00. The molecule has 0 bridgehead atoms. The van der Waals surface area contributed by atoms with Crippen molar-refractivity contribution in [2.45, 2.75) is 0 Å². The second-order valence-corrected chi connectivity index (χ2v) is 4.90. The number of anilines is 1. The molecule has 23 heavy (non-hydrogen) atoms. The van der Waals surface area contributed by atoms with E-state index in [1.54, 1.807) is 30.3 Å². The number of ether oxygens (including phenoxy) is 1. The number of rotatable bonds is 4. The molecule has 0 aliphatic heterocycles. The van der Waals surface area contributed by atoms with E-state index in [-0.39, 0.29) is 11.3 Å². The van der Waals surface area contributed by atoms with Crippen molar-refractivity contribution in [3.63, 3.8) is 0 Å². The van der Waals surface area contributed by atoms with Crippen LogP contribution in [0.1, 0.15) is 5.56 Å². The Balaban J connectivity index is 2.25. The molecule has 0 fully saturated rings. The highest BCUT2D eigenvalue weighted by Gasteiger charge is 2.12. The maximum Gasteiger partial charge on any atom is 0.266 e. The average Bonchev–Trinajstić information content (AvgIpc) is 2.54. The molecule has 0 aliphatic rings. The molecular formula is C17H12ClFN2O2. The van der Waals surface area contributed by atoms with Crippen molar-refractivity contribution < 1.29 is 13.9 Å². The van der Waals surface area contributed by atoms with Crippen LogP contribution in [0.2, 0.25) is 5.02 Å². The van der Waals surface area contributed by atoms with Gasteiger partial charge in [0.15, 0.2) is 0 Å². The van der Waals surface area contributed by atoms with Gasteiger partial charge in [-0.05, 0) is 35.9 Å². The first-order valence-corrected chi connectivity index (χ1v) is 6.94. The minimum absolute atomic E-state index is 0.00594. The van der Waals surface area contributed by atoms with Gasteiger partial charge in [0.05, 0.1) is 17.8 Å². The minimum Gasteiger partial charge on any atom is -0.495 e. The quantitative estimate of drug-likeness (QED) is 0.680. The Labute approximate surface area is 137 Å². The van der Waals surface area contributed by atoms with Gasteiger partial charge in [0.25, 0.3) is 5.91 Å². The van der Waals surface area contributed by atoms with E-state index in [1.807, 2.05) is 0 Å². The predicted octanol–water partition coefficient (Wildman–Crippen LogP) is 4.03. The van der Waals surface area contributed by atoms with Crippen LogP contribution in [0, 0.1) is 17.1 Å². The summed E-state index contributed by atoms with van der Waals surface area (Å²) in [6, 6.07) is 12.3. The first kappa shape index (κ1) is 16.5. The van der Waals surface area contributed by atoms with Crippen LogP contribution >= 0.6 is 11.6 Å². The van der Waals surface area contributed by atoms with Crippen LogP contribution in [0.3, 0.4) is 0 Å². The van der Waals surface area contributed by atoms with Gasteiger partial charge < -0.3 is 10.1 Å². The summed E-state index contributed by atoms with van der Waals surface area (Å²) < 4.78 is 18.6. The van der Waals surface area contributed by atoms with E-state index in [9.17, 15) is 9.18 Å². The number of halogens is 2. The minimum atomic E-state index is -0.704. The Kier molecular flexibility index (Phi) is 5.34. The van der Waals surface area contributed by atoms with E-state index in [2.05, 4.69) is 5.32 Å². The fraction of sp³-hybridized carbons (Fsp3) is 0.0588. The van der Waals surface area contributed by atoms with Gasteiger partial charge in [0.2, 0.25) is 0 Å². The normalized spacial score (nSPS) is 10.8. The molecule has 2 aromatic carbocycles. The molecule has 0 radical (unpaired) electrons. The van der Waals surface area contributed by atoms with Crippen molar-refractivity contribution in [2.75, 3.05) is 12.4 Å². The average molecular weight is 331 g/mol. The van der Waals surface area contributed by atoms with E-state index in [1.165, 1.54) is 31.4 Å². The smallest absolute Gasteiger partial charge is 0.266 e. The monoisotopic (exact) mass is 330 g/mol. The third-order valence-corrected chi connectivity index (χ3v) is 3.27. The fourth-order valence-electron chi connectivity index (χ4n) is 1.84. The summed E-state index contributed by atoms with van der Waals surface area (Å²) in [6.45, 7) is 0. The van der Waals surface area contributed by atoms with Gasteiger partial charge in [-0.25, -0.2) is 4.39 Å². The van der Waals surface area contributed by atoms with Crippen molar-refractivity contribution in [2.24, 2.45) is 0 Å². The Morgan fingerprint density at radius 3 is 2.70 bits per heavy atom. The van der Waals surface area contributed by atoms with Crippen molar-refractivity contribution in [1.29, 1.82) is 5.26 Å². The number of nitrogens with zero attached hydrogens (tertiary/aromatic N) is 1. The lowest BCUT2D eigenvalue weighted by molar-refractivity contribution is -0.112.